The maximum Gasteiger partial charge on any atom is 0.268 e. The molecule has 1 N–H and O–H groups in total. The van der Waals surface area contributed by atoms with E-state index >= 15 is 0 Å². The van der Waals surface area contributed by atoms with Crippen molar-refractivity contribution in [1.82, 2.24) is 14.9 Å². The van der Waals surface area contributed by atoms with Gasteiger partial charge in [0.1, 0.15) is 16.3 Å². The van der Waals surface area contributed by atoms with Gasteiger partial charge in [-0.15, -0.1) is 11.3 Å². The van der Waals surface area contributed by atoms with Crippen LogP contribution in [0.15, 0.2) is 34.4 Å². The molecule has 0 bridgehead atoms. The van der Waals surface area contributed by atoms with Gasteiger partial charge in [-0.3, -0.25) is 9.59 Å². The molecule has 9 heteroatoms. The molecule has 25 heavy (non-hydrogen) atoms. The van der Waals surface area contributed by atoms with Crippen LogP contribution in [0.5, 0.6) is 5.75 Å². The number of rotatable bonds is 5. The second-order valence-corrected chi connectivity index (χ2v) is 7.02. The number of H-pyrrole nitrogens is 1. The van der Waals surface area contributed by atoms with Crippen LogP contribution in [0.25, 0.3) is 10.2 Å². The van der Waals surface area contributed by atoms with E-state index in [0.29, 0.717) is 31.8 Å². The molecular formula is C16H13Cl2N3O3S. The minimum atomic E-state index is -0.288. The van der Waals surface area contributed by atoms with Gasteiger partial charge in [0.2, 0.25) is 0 Å². The summed E-state index contributed by atoms with van der Waals surface area (Å²) in [7, 11) is 1.60. The number of aromatic nitrogens is 2. The van der Waals surface area contributed by atoms with Crippen LogP contribution in [0.1, 0.15) is 5.82 Å². The number of carbonyl (C=O) groups excluding carboxylic acids is 1. The molecule has 6 nitrogen and oxygen atoms in total. The lowest BCUT2D eigenvalue weighted by Crippen LogP contribution is -2.32. The zero-order valence-electron chi connectivity index (χ0n) is 13.1. The summed E-state index contributed by atoms with van der Waals surface area (Å²) in [6.07, 6.45) is 0. The van der Waals surface area contributed by atoms with Gasteiger partial charge < -0.3 is 14.6 Å². The van der Waals surface area contributed by atoms with Crippen LogP contribution in [0.4, 0.5) is 0 Å². The molecule has 0 aliphatic carbocycles. The number of nitrogens with one attached hydrogen (secondary N) is 1. The van der Waals surface area contributed by atoms with Crippen molar-refractivity contribution < 1.29 is 9.53 Å². The number of thiophene rings is 1. The fourth-order valence-electron chi connectivity index (χ4n) is 2.15. The van der Waals surface area contributed by atoms with E-state index in [-0.39, 0.29) is 24.6 Å². The summed E-state index contributed by atoms with van der Waals surface area (Å²) in [4.78, 5) is 32.6. The van der Waals surface area contributed by atoms with Crippen LogP contribution in [0, 0.1) is 0 Å². The Morgan fingerprint density at radius 2 is 2.16 bits per heavy atom. The maximum atomic E-state index is 12.2. The van der Waals surface area contributed by atoms with Crippen molar-refractivity contribution in [3.8, 4) is 5.75 Å². The second kappa shape index (κ2) is 7.43. The average Bonchev–Trinajstić information content (AvgIpc) is 3.04. The quantitative estimate of drug-likeness (QED) is 0.716. The minimum Gasteiger partial charge on any atom is -0.482 e. The molecule has 0 saturated heterocycles. The van der Waals surface area contributed by atoms with E-state index < -0.39 is 0 Å². The van der Waals surface area contributed by atoms with E-state index in [2.05, 4.69) is 9.97 Å². The van der Waals surface area contributed by atoms with Crippen LogP contribution in [0.2, 0.25) is 10.0 Å². The molecule has 0 fully saturated rings. The normalized spacial score (nSPS) is 10.8. The van der Waals surface area contributed by atoms with Crippen LogP contribution in [0.3, 0.4) is 0 Å². The van der Waals surface area contributed by atoms with Gasteiger partial charge in [-0.25, -0.2) is 4.98 Å². The Morgan fingerprint density at radius 3 is 2.96 bits per heavy atom. The molecule has 0 radical (unpaired) electrons. The van der Waals surface area contributed by atoms with Crippen molar-refractivity contribution >= 4 is 50.7 Å². The Hall–Kier alpha value is -2.09. The summed E-state index contributed by atoms with van der Waals surface area (Å²) in [6.45, 7) is -0.0476. The van der Waals surface area contributed by atoms with E-state index in [9.17, 15) is 9.59 Å². The first-order valence-corrected chi connectivity index (χ1v) is 8.86. The topological polar surface area (TPSA) is 75.3 Å². The van der Waals surface area contributed by atoms with Crippen LogP contribution >= 0.6 is 34.5 Å². The number of likely N-dealkylation sites (N-methyl/N-ethyl adjacent to an activating group) is 1. The minimum absolute atomic E-state index is 0.159. The molecule has 0 aliphatic heterocycles. The molecule has 0 saturated carbocycles. The molecule has 0 aliphatic rings. The Labute approximate surface area is 157 Å². The van der Waals surface area contributed by atoms with E-state index in [1.807, 2.05) is 0 Å². The third-order valence-electron chi connectivity index (χ3n) is 3.42. The van der Waals surface area contributed by atoms with Gasteiger partial charge in [0, 0.05) is 18.1 Å². The van der Waals surface area contributed by atoms with Crippen molar-refractivity contribution in [2.75, 3.05) is 13.7 Å². The largest absolute Gasteiger partial charge is 0.482 e. The van der Waals surface area contributed by atoms with Crippen molar-refractivity contribution in [3.05, 3.63) is 55.9 Å². The fourth-order valence-corrected chi connectivity index (χ4v) is 3.21. The maximum absolute atomic E-state index is 12.2. The van der Waals surface area contributed by atoms with Crippen molar-refractivity contribution in [2.24, 2.45) is 0 Å². The SMILES string of the molecule is CN(Cc1nc2ccsc2c(=O)[nH]1)C(=O)COc1cc(Cl)ccc1Cl. The number of hydrogen-bond donors (Lipinski definition) is 1. The molecule has 1 aromatic carbocycles. The molecule has 3 rings (SSSR count). The first-order chi connectivity index (χ1) is 11.9. The van der Waals surface area contributed by atoms with Gasteiger partial charge in [0.05, 0.1) is 17.1 Å². The van der Waals surface area contributed by atoms with Crippen molar-refractivity contribution in [2.45, 2.75) is 6.54 Å². The smallest absolute Gasteiger partial charge is 0.268 e. The van der Waals surface area contributed by atoms with Crippen LogP contribution < -0.4 is 10.3 Å². The number of carbonyl (C=O) groups is 1. The predicted octanol–water partition coefficient (Wildman–Crippen LogP) is 3.33. The van der Waals surface area contributed by atoms with Crippen LogP contribution in [-0.2, 0) is 11.3 Å². The zero-order valence-corrected chi connectivity index (χ0v) is 15.4. The average molecular weight is 398 g/mol. The fraction of sp³-hybridized carbons (Fsp3) is 0.188. The van der Waals surface area contributed by atoms with E-state index in [1.54, 1.807) is 36.7 Å². The number of hydrogen-bond acceptors (Lipinski definition) is 5. The Kier molecular flexibility index (Phi) is 5.27. The highest BCUT2D eigenvalue weighted by atomic mass is 35.5. The molecule has 2 aromatic heterocycles. The standard InChI is InChI=1S/C16H13Cl2N3O3S/c1-21(7-13-19-11-4-5-25-15(11)16(23)20-13)14(22)8-24-12-6-9(17)2-3-10(12)18/h2-6H,7-8H2,1H3,(H,19,20,23). The molecule has 0 unspecified atom stereocenters. The summed E-state index contributed by atoms with van der Waals surface area (Å²) in [5, 5.41) is 2.63. The number of aromatic amines is 1. The summed E-state index contributed by atoms with van der Waals surface area (Å²) < 4.78 is 5.99. The van der Waals surface area contributed by atoms with Gasteiger partial charge in [-0.1, -0.05) is 23.2 Å². The third kappa shape index (κ3) is 4.12. The number of ether oxygens (including phenoxy) is 1. The van der Waals surface area contributed by atoms with Gasteiger partial charge in [0.25, 0.3) is 11.5 Å². The van der Waals surface area contributed by atoms with Crippen molar-refractivity contribution in [3.63, 3.8) is 0 Å². The lowest BCUT2D eigenvalue weighted by atomic mass is 10.3. The molecule has 2 heterocycles. The number of fused-ring (bicyclic) bond motifs is 1. The Morgan fingerprint density at radius 1 is 1.36 bits per heavy atom. The lowest BCUT2D eigenvalue weighted by molar-refractivity contribution is -0.132. The number of benzene rings is 1. The summed E-state index contributed by atoms with van der Waals surface area (Å²) in [5.74, 6) is 0.457. The van der Waals surface area contributed by atoms with E-state index in [4.69, 9.17) is 27.9 Å². The van der Waals surface area contributed by atoms with E-state index in [1.165, 1.54) is 16.2 Å². The van der Waals surface area contributed by atoms with Crippen molar-refractivity contribution in [1.29, 1.82) is 0 Å². The van der Waals surface area contributed by atoms with Gasteiger partial charge in [-0.05, 0) is 23.6 Å². The Balaban J connectivity index is 1.65. The second-order valence-electron chi connectivity index (χ2n) is 5.26. The summed E-state index contributed by atoms with van der Waals surface area (Å²) in [6, 6.07) is 6.54. The van der Waals surface area contributed by atoms with Gasteiger partial charge >= 0.3 is 0 Å². The number of halogens is 2. The highest BCUT2D eigenvalue weighted by molar-refractivity contribution is 7.17. The molecule has 130 valence electrons. The van der Waals surface area contributed by atoms with E-state index in [0.717, 1.165) is 0 Å². The highest BCUT2D eigenvalue weighted by Crippen LogP contribution is 2.27. The first kappa shape index (κ1) is 17.7. The monoisotopic (exact) mass is 397 g/mol. The summed E-state index contributed by atoms with van der Waals surface area (Å²) >= 11 is 13.2. The van der Waals surface area contributed by atoms with Gasteiger partial charge in [-0.2, -0.15) is 0 Å². The number of amides is 1. The Bertz CT molecular complexity index is 986. The molecular weight excluding hydrogens is 385 g/mol. The molecule has 1 amide bonds. The first-order valence-electron chi connectivity index (χ1n) is 7.22. The molecule has 3 aromatic rings. The molecule has 0 spiro atoms. The number of nitrogens with zero attached hydrogens (tertiary/aromatic N) is 2. The lowest BCUT2D eigenvalue weighted by Gasteiger charge is -2.17. The highest BCUT2D eigenvalue weighted by Gasteiger charge is 2.14. The summed E-state index contributed by atoms with van der Waals surface area (Å²) in [5.41, 5.74) is 0.407. The predicted molar refractivity (Wildman–Crippen MR) is 98.7 cm³/mol. The van der Waals surface area contributed by atoms with Crippen LogP contribution in [-0.4, -0.2) is 34.4 Å². The zero-order chi connectivity index (χ0) is 18.0. The molecule has 0 atom stereocenters. The van der Waals surface area contributed by atoms with Gasteiger partial charge in [0.15, 0.2) is 6.61 Å². The third-order valence-corrected chi connectivity index (χ3v) is 4.87.